The van der Waals surface area contributed by atoms with E-state index in [1.807, 2.05) is 37.3 Å². The van der Waals surface area contributed by atoms with Crippen molar-refractivity contribution in [3.63, 3.8) is 0 Å². The average molecular weight is 365 g/mol. The van der Waals surface area contributed by atoms with Crippen molar-refractivity contribution >= 4 is 34.1 Å². The van der Waals surface area contributed by atoms with Crippen molar-refractivity contribution in [3.8, 4) is 11.3 Å². The number of rotatable bonds is 5. The van der Waals surface area contributed by atoms with Gasteiger partial charge in [0.15, 0.2) is 5.13 Å². The Morgan fingerprint density at radius 2 is 1.85 bits per heavy atom. The first-order chi connectivity index (χ1) is 12.5. The van der Waals surface area contributed by atoms with Gasteiger partial charge in [0.05, 0.1) is 10.6 Å². The molecular formula is C19H15N3O3S. The van der Waals surface area contributed by atoms with Gasteiger partial charge in [-0.15, -0.1) is 11.3 Å². The summed E-state index contributed by atoms with van der Waals surface area (Å²) in [5, 5.41) is 13.9. The van der Waals surface area contributed by atoms with Crippen LogP contribution in [0.1, 0.15) is 10.4 Å². The average Bonchev–Trinajstić information content (AvgIpc) is 3.01. The lowest BCUT2D eigenvalue weighted by Crippen LogP contribution is -2.07. The van der Waals surface area contributed by atoms with Crippen LogP contribution in [0.25, 0.3) is 17.3 Å². The zero-order chi connectivity index (χ0) is 18.5. The molecule has 0 atom stereocenters. The number of anilines is 1. The molecule has 1 amide bonds. The lowest BCUT2D eigenvalue weighted by atomic mass is 10.1. The molecule has 0 spiro atoms. The highest BCUT2D eigenvalue weighted by molar-refractivity contribution is 7.16. The fourth-order valence-corrected chi connectivity index (χ4v) is 3.18. The maximum absolute atomic E-state index is 12.1. The third kappa shape index (κ3) is 4.20. The first kappa shape index (κ1) is 17.5. The van der Waals surface area contributed by atoms with E-state index in [-0.39, 0.29) is 11.6 Å². The van der Waals surface area contributed by atoms with Gasteiger partial charge in [0, 0.05) is 28.6 Å². The second-order valence-electron chi connectivity index (χ2n) is 5.46. The number of nitro benzene ring substituents is 1. The molecule has 0 aliphatic carbocycles. The molecule has 0 unspecified atom stereocenters. The number of hydrogen-bond acceptors (Lipinski definition) is 5. The summed E-state index contributed by atoms with van der Waals surface area (Å²) in [6.45, 7) is 1.96. The lowest BCUT2D eigenvalue weighted by molar-refractivity contribution is -0.384. The van der Waals surface area contributed by atoms with Gasteiger partial charge in [-0.2, -0.15) is 0 Å². The number of nitrogens with zero attached hydrogens (tertiary/aromatic N) is 2. The maximum atomic E-state index is 12.1. The number of hydrogen-bond donors (Lipinski definition) is 1. The molecule has 130 valence electrons. The van der Waals surface area contributed by atoms with Gasteiger partial charge < -0.3 is 0 Å². The van der Waals surface area contributed by atoms with Crippen LogP contribution < -0.4 is 5.32 Å². The van der Waals surface area contributed by atoms with Crippen LogP contribution in [0.15, 0.2) is 60.7 Å². The molecular weight excluding hydrogens is 350 g/mol. The molecule has 0 aliphatic heterocycles. The summed E-state index contributed by atoms with van der Waals surface area (Å²) < 4.78 is 0. The molecule has 6 nitrogen and oxygen atoms in total. The van der Waals surface area contributed by atoms with Crippen molar-refractivity contribution < 1.29 is 9.72 Å². The van der Waals surface area contributed by atoms with E-state index in [9.17, 15) is 14.9 Å². The Balaban J connectivity index is 1.67. The zero-order valence-electron chi connectivity index (χ0n) is 13.9. The van der Waals surface area contributed by atoms with Crippen LogP contribution in [0.4, 0.5) is 10.8 Å². The quantitative estimate of drug-likeness (QED) is 0.404. The van der Waals surface area contributed by atoms with E-state index in [1.54, 1.807) is 18.2 Å². The Hall–Kier alpha value is -3.32. The second-order valence-corrected chi connectivity index (χ2v) is 6.66. The Morgan fingerprint density at radius 3 is 2.50 bits per heavy atom. The van der Waals surface area contributed by atoms with Crippen LogP contribution in [0, 0.1) is 17.0 Å². The van der Waals surface area contributed by atoms with Gasteiger partial charge in [-0.05, 0) is 30.7 Å². The summed E-state index contributed by atoms with van der Waals surface area (Å²) in [6.07, 6.45) is 2.97. The van der Waals surface area contributed by atoms with Crippen molar-refractivity contribution in [3.05, 3.63) is 81.2 Å². The molecule has 0 fully saturated rings. The first-order valence-corrected chi connectivity index (χ1v) is 8.61. The molecule has 2 aromatic carbocycles. The molecule has 3 aromatic rings. The van der Waals surface area contributed by atoms with Gasteiger partial charge in [-0.1, -0.05) is 30.3 Å². The van der Waals surface area contributed by atoms with Crippen LogP contribution >= 0.6 is 11.3 Å². The monoisotopic (exact) mass is 365 g/mol. The second kappa shape index (κ2) is 7.71. The van der Waals surface area contributed by atoms with Gasteiger partial charge >= 0.3 is 0 Å². The number of benzene rings is 2. The van der Waals surface area contributed by atoms with Crippen LogP contribution in [0.3, 0.4) is 0 Å². The number of aromatic nitrogens is 1. The minimum Gasteiger partial charge on any atom is -0.298 e. The molecule has 0 bridgehead atoms. The van der Waals surface area contributed by atoms with Crippen molar-refractivity contribution in [1.82, 2.24) is 4.98 Å². The van der Waals surface area contributed by atoms with Crippen molar-refractivity contribution in [1.29, 1.82) is 0 Å². The largest absolute Gasteiger partial charge is 0.298 e. The molecule has 0 saturated carbocycles. The van der Waals surface area contributed by atoms with Crippen LogP contribution in [0.5, 0.6) is 0 Å². The fourth-order valence-electron chi connectivity index (χ4n) is 2.34. The number of non-ortho nitro benzene ring substituents is 1. The predicted octanol–water partition coefficient (Wildman–Crippen LogP) is 4.68. The molecule has 26 heavy (non-hydrogen) atoms. The lowest BCUT2D eigenvalue weighted by Gasteiger charge is -1.98. The number of amides is 1. The first-order valence-electron chi connectivity index (χ1n) is 7.79. The number of carbonyl (C=O) groups is 1. The molecule has 0 radical (unpaired) electrons. The third-order valence-electron chi connectivity index (χ3n) is 3.61. The SMILES string of the molecule is Cc1sc(NC(=O)C=Cc2ccc([N+](=O)[O-])cc2)nc1-c1ccccc1. The molecule has 1 aromatic heterocycles. The number of nitrogens with one attached hydrogen (secondary N) is 1. The van der Waals surface area contributed by atoms with Gasteiger partial charge in [0.25, 0.3) is 5.69 Å². The Bertz CT molecular complexity index is 963. The highest BCUT2D eigenvalue weighted by Crippen LogP contribution is 2.30. The Kier molecular flexibility index (Phi) is 5.19. The summed E-state index contributed by atoms with van der Waals surface area (Å²) in [6, 6.07) is 15.7. The molecule has 7 heteroatoms. The smallest absolute Gasteiger partial charge is 0.269 e. The molecule has 0 aliphatic rings. The van der Waals surface area contributed by atoms with Gasteiger partial charge in [-0.25, -0.2) is 4.98 Å². The summed E-state index contributed by atoms with van der Waals surface area (Å²) in [7, 11) is 0. The van der Waals surface area contributed by atoms with E-state index >= 15 is 0 Å². The number of carbonyl (C=O) groups excluding carboxylic acids is 1. The summed E-state index contributed by atoms with van der Waals surface area (Å²) in [4.78, 5) is 27.7. The van der Waals surface area contributed by atoms with E-state index in [0.717, 1.165) is 16.1 Å². The minimum atomic E-state index is -0.463. The third-order valence-corrected chi connectivity index (χ3v) is 4.49. The Morgan fingerprint density at radius 1 is 1.15 bits per heavy atom. The van der Waals surface area contributed by atoms with Gasteiger partial charge in [0.1, 0.15) is 0 Å². The van der Waals surface area contributed by atoms with E-state index in [2.05, 4.69) is 10.3 Å². The topological polar surface area (TPSA) is 85.1 Å². The normalized spacial score (nSPS) is 10.8. The number of nitro groups is 1. The highest BCUT2D eigenvalue weighted by Gasteiger charge is 2.10. The summed E-state index contributed by atoms with van der Waals surface area (Å²) in [5.74, 6) is -0.309. The van der Waals surface area contributed by atoms with Gasteiger partial charge in [-0.3, -0.25) is 20.2 Å². The van der Waals surface area contributed by atoms with Crippen LogP contribution in [-0.2, 0) is 4.79 Å². The maximum Gasteiger partial charge on any atom is 0.269 e. The number of aryl methyl sites for hydroxylation is 1. The minimum absolute atomic E-state index is 0.0123. The van der Waals surface area contributed by atoms with Crippen molar-refractivity contribution in [2.24, 2.45) is 0 Å². The molecule has 1 N–H and O–H groups in total. The molecule has 0 saturated heterocycles. The van der Waals surface area contributed by atoms with E-state index < -0.39 is 4.92 Å². The molecule has 3 rings (SSSR count). The number of thiazole rings is 1. The van der Waals surface area contributed by atoms with Gasteiger partial charge in [0.2, 0.25) is 5.91 Å². The standard InChI is InChI=1S/C19H15N3O3S/c1-13-18(15-5-3-2-4-6-15)21-19(26-13)20-17(23)12-9-14-7-10-16(11-8-14)22(24)25/h2-12H,1H3,(H,20,21,23). The van der Waals surface area contributed by atoms with E-state index in [4.69, 9.17) is 0 Å². The van der Waals surface area contributed by atoms with Crippen molar-refractivity contribution in [2.45, 2.75) is 6.92 Å². The zero-order valence-corrected chi connectivity index (χ0v) is 14.7. The predicted molar refractivity (Wildman–Crippen MR) is 103 cm³/mol. The fraction of sp³-hybridized carbons (Fsp3) is 0.0526. The summed E-state index contributed by atoms with van der Waals surface area (Å²) in [5.41, 5.74) is 2.57. The summed E-state index contributed by atoms with van der Waals surface area (Å²) >= 11 is 1.41. The van der Waals surface area contributed by atoms with Crippen LogP contribution in [-0.4, -0.2) is 15.8 Å². The Labute approximate surface area is 154 Å². The van der Waals surface area contributed by atoms with Crippen LogP contribution in [0.2, 0.25) is 0 Å². The molecule has 1 heterocycles. The highest BCUT2D eigenvalue weighted by atomic mass is 32.1. The van der Waals surface area contributed by atoms with Crippen molar-refractivity contribution in [2.75, 3.05) is 5.32 Å². The van der Waals surface area contributed by atoms with E-state index in [0.29, 0.717) is 10.7 Å². The van der Waals surface area contributed by atoms with E-state index in [1.165, 1.54) is 29.5 Å².